The number of alkyl halides is 3. The monoisotopic (exact) mass is 307 g/mol. The van der Waals surface area contributed by atoms with E-state index in [4.69, 9.17) is 0 Å². The van der Waals surface area contributed by atoms with Crippen LogP contribution < -0.4 is 5.32 Å². The normalized spacial score (nSPS) is 13.4. The predicted molar refractivity (Wildman–Crippen MR) is 73.6 cm³/mol. The van der Waals surface area contributed by atoms with E-state index in [2.05, 4.69) is 10.1 Å². The molecular formula is C15H21F4NO. The SMILES string of the molecule is CCNCC(CCOCC(F)(F)F)Cc1cccc(F)c1. The highest BCUT2D eigenvalue weighted by atomic mass is 19.4. The molecule has 0 aromatic heterocycles. The molecule has 6 heteroatoms. The van der Waals surface area contributed by atoms with Crippen LogP contribution in [0.3, 0.4) is 0 Å². The van der Waals surface area contributed by atoms with Gasteiger partial charge in [-0.05, 0) is 49.5 Å². The molecule has 0 saturated carbocycles. The lowest BCUT2D eigenvalue weighted by Crippen LogP contribution is -2.26. The van der Waals surface area contributed by atoms with Crippen molar-refractivity contribution in [1.29, 1.82) is 0 Å². The van der Waals surface area contributed by atoms with Gasteiger partial charge in [-0.2, -0.15) is 13.2 Å². The standard InChI is InChI=1S/C15H21F4NO/c1-2-20-10-13(6-7-21-11-15(17,18)19)8-12-4-3-5-14(16)9-12/h3-5,9,13,20H,2,6-8,10-11H2,1H3. The van der Waals surface area contributed by atoms with Crippen molar-refractivity contribution in [2.75, 3.05) is 26.3 Å². The third-order valence-corrected chi connectivity index (χ3v) is 3.03. The zero-order chi connectivity index (χ0) is 15.7. The average Bonchev–Trinajstić information content (AvgIpc) is 2.39. The highest BCUT2D eigenvalue weighted by Gasteiger charge is 2.27. The number of benzene rings is 1. The van der Waals surface area contributed by atoms with Crippen LogP contribution in [0.4, 0.5) is 17.6 Å². The summed E-state index contributed by atoms with van der Waals surface area (Å²) < 4.78 is 53.8. The van der Waals surface area contributed by atoms with Gasteiger partial charge in [0.15, 0.2) is 0 Å². The first kappa shape index (κ1) is 17.9. The van der Waals surface area contributed by atoms with Crippen LogP contribution in [0, 0.1) is 11.7 Å². The van der Waals surface area contributed by atoms with Crippen LogP contribution in [0.25, 0.3) is 0 Å². The Morgan fingerprint density at radius 3 is 2.67 bits per heavy atom. The van der Waals surface area contributed by atoms with E-state index in [0.29, 0.717) is 19.4 Å². The van der Waals surface area contributed by atoms with E-state index in [1.807, 2.05) is 13.0 Å². The van der Waals surface area contributed by atoms with Crippen molar-refractivity contribution in [3.8, 4) is 0 Å². The summed E-state index contributed by atoms with van der Waals surface area (Å²) in [5, 5.41) is 3.17. The fourth-order valence-electron chi connectivity index (χ4n) is 2.06. The van der Waals surface area contributed by atoms with Crippen molar-refractivity contribution >= 4 is 0 Å². The maximum atomic E-state index is 13.1. The minimum absolute atomic E-state index is 0.0465. The number of hydrogen-bond donors (Lipinski definition) is 1. The minimum Gasteiger partial charge on any atom is -0.372 e. The Balaban J connectivity index is 2.43. The second kappa shape index (κ2) is 9.00. The fourth-order valence-corrected chi connectivity index (χ4v) is 2.06. The average molecular weight is 307 g/mol. The molecule has 0 radical (unpaired) electrons. The van der Waals surface area contributed by atoms with E-state index in [1.54, 1.807) is 6.07 Å². The molecule has 1 atom stereocenters. The van der Waals surface area contributed by atoms with Crippen LogP contribution >= 0.6 is 0 Å². The summed E-state index contributed by atoms with van der Waals surface area (Å²) in [5.74, 6) is -0.192. The zero-order valence-electron chi connectivity index (χ0n) is 12.0. The Hall–Kier alpha value is -1.14. The summed E-state index contributed by atoms with van der Waals surface area (Å²) in [5.41, 5.74) is 0.841. The summed E-state index contributed by atoms with van der Waals surface area (Å²) in [4.78, 5) is 0. The molecule has 0 aliphatic rings. The van der Waals surface area contributed by atoms with Gasteiger partial charge in [-0.3, -0.25) is 0 Å². The maximum Gasteiger partial charge on any atom is 0.411 e. The third kappa shape index (κ3) is 8.67. The zero-order valence-corrected chi connectivity index (χ0v) is 12.0. The topological polar surface area (TPSA) is 21.3 Å². The molecule has 1 aromatic carbocycles. The van der Waals surface area contributed by atoms with Gasteiger partial charge in [-0.25, -0.2) is 4.39 Å². The number of nitrogens with one attached hydrogen (secondary N) is 1. The summed E-state index contributed by atoms with van der Waals surface area (Å²) in [6.45, 7) is 2.23. The minimum atomic E-state index is -4.29. The first-order chi connectivity index (χ1) is 9.90. The van der Waals surface area contributed by atoms with Gasteiger partial charge in [0.25, 0.3) is 0 Å². The Labute approximate surface area is 122 Å². The van der Waals surface area contributed by atoms with Crippen LogP contribution in [-0.2, 0) is 11.2 Å². The molecule has 0 saturated heterocycles. The molecular weight excluding hydrogens is 286 g/mol. The molecule has 1 unspecified atom stereocenters. The van der Waals surface area contributed by atoms with E-state index in [-0.39, 0.29) is 18.3 Å². The third-order valence-electron chi connectivity index (χ3n) is 3.03. The molecule has 2 nitrogen and oxygen atoms in total. The molecule has 120 valence electrons. The second-order valence-corrected chi connectivity index (χ2v) is 4.96. The molecule has 0 aliphatic carbocycles. The van der Waals surface area contributed by atoms with Crippen LogP contribution in [-0.4, -0.2) is 32.5 Å². The van der Waals surface area contributed by atoms with Gasteiger partial charge in [-0.15, -0.1) is 0 Å². The first-order valence-corrected chi connectivity index (χ1v) is 7.00. The molecule has 1 N–H and O–H groups in total. The van der Waals surface area contributed by atoms with E-state index >= 15 is 0 Å². The van der Waals surface area contributed by atoms with Crippen LogP contribution in [0.2, 0.25) is 0 Å². The van der Waals surface area contributed by atoms with Gasteiger partial charge in [0.05, 0.1) is 0 Å². The van der Waals surface area contributed by atoms with Crippen molar-refractivity contribution in [3.05, 3.63) is 35.6 Å². The van der Waals surface area contributed by atoms with Gasteiger partial charge in [0.2, 0.25) is 0 Å². The summed E-state index contributed by atoms with van der Waals surface area (Å²) in [7, 11) is 0. The molecule has 1 aromatic rings. The predicted octanol–water partition coefficient (Wildman–Crippen LogP) is 3.56. The summed E-state index contributed by atoms with van der Waals surface area (Å²) in [6.07, 6.45) is -3.18. The van der Waals surface area contributed by atoms with E-state index in [9.17, 15) is 17.6 Å². The van der Waals surface area contributed by atoms with Gasteiger partial charge in [-0.1, -0.05) is 19.1 Å². The molecule has 0 heterocycles. The molecule has 0 amide bonds. The number of rotatable bonds is 9. The van der Waals surface area contributed by atoms with E-state index in [1.165, 1.54) is 12.1 Å². The second-order valence-electron chi connectivity index (χ2n) is 4.96. The van der Waals surface area contributed by atoms with E-state index < -0.39 is 12.8 Å². The molecule has 0 fully saturated rings. The van der Waals surface area contributed by atoms with Crippen LogP contribution in [0.15, 0.2) is 24.3 Å². The van der Waals surface area contributed by atoms with Crippen molar-refractivity contribution < 1.29 is 22.3 Å². The Bertz CT molecular complexity index is 409. The van der Waals surface area contributed by atoms with Crippen molar-refractivity contribution in [2.24, 2.45) is 5.92 Å². The Kier molecular flexibility index (Phi) is 7.67. The van der Waals surface area contributed by atoms with E-state index in [0.717, 1.165) is 12.1 Å². The lowest BCUT2D eigenvalue weighted by atomic mass is 9.96. The highest BCUT2D eigenvalue weighted by molar-refractivity contribution is 5.16. The first-order valence-electron chi connectivity index (χ1n) is 7.00. The molecule has 0 aliphatic heterocycles. The summed E-state index contributed by atoms with van der Waals surface area (Å²) >= 11 is 0. The number of hydrogen-bond acceptors (Lipinski definition) is 2. The van der Waals surface area contributed by atoms with Crippen LogP contribution in [0.1, 0.15) is 18.9 Å². The highest BCUT2D eigenvalue weighted by Crippen LogP contribution is 2.16. The van der Waals surface area contributed by atoms with Crippen molar-refractivity contribution in [1.82, 2.24) is 5.32 Å². The molecule has 1 rings (SSSR count). The van der Waals surface area contributed by atoms with Crippen molar-refractivity contribution in [2.45, 2.75) is 25.9 Å². The van der Waals surface area contributed by atoms with Crippen molar-refractivity contribution in [3.63, 3.8) is 0 Å². The quantitative estimate of drug-likeness (QED) is 0.556. The lowest BCUT2D eigenvalue weighted by molar-refractivity contribution is -0.174. The number of ether oxygens (including phenoxy) is 1. The van der Waals surface area contributed by atoms with Gasteiger partial charge in [0, 0.05) is 6.61 Å². The molecule has 0 spiro atoms. The Morgan fingerprint density at radius 2 is 2.05 bits per heavy atom. The van der Waals surface area contributed by atoms with Gasteiger partial charge < -0.3 is 10.1 Å². The lowest BCUT2D eigenvalue weighted by Gasteiger charge is -2.18. The smallest absolute Gasteiger partial charge is 0.372 e. The Morgan fingerprint density at radius 1 is 1.29 bits per heavy atom. The van der Waals surface area contributed by atoms with Gasteiger partial charge >= 0.3 is 6.18 Å². The largest absolute Gasteiger partial charge is 0.411 e. The number of halogens is 4. The summed E-state index contributed by atoms with van der Waals surface area (Å²) in [6, 6.07) is 6.28. The molecule has 21 heavy (non-hydrogen) atoms. The van der Waals surface area contributed by atoms with Crippen LogP contribution in [0.5, 0.6) is 0 Å². The maximum absolute atomic E-state index is 13.1. The van der Waals surface area contributed by atoms with Gasteiger partial charge in [0.1, 0.15) is 12.4 Å². The molecule has 0 bridgehead atoms. The fraction of sp³-hybridized carbons (Fsp3) is 0.600.